The van der Waals surface area contributed by atoms with Gasteiger partial charge in [-0.25, -0.2) is 13.2 Å². The molecule has 1 unspecified atom stereocenters. The smallest absolute Gasteiger partial charge is 0.410 e. The summed E-state index contributed by atoms with van der Waals surface area (Å²) in [5.74, 6) is -0.0458. The van der Waals surface area contributed by atoms with Crippen molar-refractivity contribution in [2.24, 2.45) is 0 Å². The Morgan fingerprint density at radius 1 is 1.35 bits per heavy atom. The molecule has 2 rings (SSSR count). The van der Waals surface area contributed by atoms with E-state index < -0.39 is 15.9 Å². The predicted octanol–water partition coefficient (Wildman–Crippen LogP) is 2.08. The van der Waals surface area contributed by atoms with Crippen LogP contribution in [0.5, 0.6) is 0 Å². The van der Waals surface area contributed by atoms with Gasteiger partial charge in [0.1, 0.15) is 0 Å². The van der Waals surface area contributed by atoms with Gasteiger partial charge in [-0.05, 0) is 31.9 Å². The lowest BCUT2D eigenvalue weighted by molar-refractivity contribution is 0.106. The zero-order valence-electron chi connectivity index (χ0n) is 11.5. The molecule has 1 heterocycles. The van der Waals surface area contributed by atoms with Crippen molar-refractivity contribution in [2.45, 2.75) is 30.7 Å². The van der Waals surface area contributed by atoms with Crippen molar-refractivity contribution < 1.29 is 17.9 Å². The highest BCUT2D eigenvalue weighted by Crippen LogP contribution is 2.22. The molecule has 1 aromatic rings. The van der Waals surface area contributed by atoms with Crippen LogP contribution in [0.15, 0.2) is 35.2 Å². The fourth-order valence-electron chi connectivity index (χ4n) is 2.43. The van der Waals surface area contributed by atoms with E-state index in [1.807, 2.05) is 0 Å². The maximum Gasteiger partial charge on any atom is 0.410 e. The summed E-state index contributed by atoms with van der Waals surface area (Å²) in [6.45, 7) is 2.60. The highest BCUT2D eigenvalue weighted by molar-refractivity contribution is 7.91. The second kappa shape index (κ2) is 6.26. The van der Waals surface area contributed by atoms with Crippen LogP contribution in [0.25, 0.3) is 0 Å². The Kier molecular flexibility index (Phi) is 4.65. The number of hydrogen-bond acceptors (Lipinski definition) is 4. The zero-order valence-corrected chi connectivity index (χ0v) is 12.3. The molecule has 0 spiro atoms. The normalized spacial score (nSPS) is 19.1. The lowest BCUT2D eigenvalue weighted by Crippen LogP contribution is -2.40. The molecule has 1 aliphatic rings. The lowest BCUT2D eigenvalue weighted by Gasteiger charge is -2.23. The van der Waals surface area contributed by atoms with Crippen LogP contribution in [0.1, 0.15) is 19.8 Å². The summed E-state index contributed by atoms with van der Waals surface area (Å²) in [5.41, 5.74) is 0. The van der Waals surface area contributed by atoms with Crippen LogP contribution in [0, 0.1) is 0 Å². The second-order valence-electron chi connectivity index (χ2n) is 4.78. The highest BCUT2D eigenvalue weighted by Gasteiger charge is 2.33. The molecule has 1 aliphatic heterocycles. The summed E-state index contributed by atoms with van der Waals surface area (Å²) in [5, 5.41) is 0. The maximum absolute atomic E-state index is 12.3. The Balaban J connectivity index is 2.11. The average molecular weight is 297 g/mol. The monoisotopic (exact) mass is 297 g/mol. The van der Waals surface area contributed by atoms with Gasteiger partial charge in [-0.15, -0.1) is 0 Å². The second-order valence-corrected chi connectivity index (χ2v) is 6.82. The molecule has 6 heteroatoms. The summed E-state index contributed by atoms with van der Waals surface area (Å²) in [6.07, 6.45) is 1.09. The van der Waals surface area contributed by atoms with E-state index in [2.05, 4.69) is 0 Å². The van der Waals surface area contributed by atoms with E-state index in [0.717, 1.165) is 6.42 Å². The van der Waals surface area contributed by atoms with E-state index in [-0.39, 0.29) is 11.8 Å². The van der Waals surface area contributed by atoms with Gasteiger partial charge < -0.3 is 9.64 Å². The molecular formula is C14H19NO4S. The van der Waals surface area contributed by atoms with Crippen molar-refractivity contribution in [3.8, 4) is 0 Å². The van der Waals surface area contributed by atoms with Crippen molar-refractivity contribution in [1.29, 1.82) is 0 Å². The first-order chi connectivity index (χ1) is 9.54. The minimum atomic E-state index is -3.37. The Hall–Kier alpha value is -1.56. The van der Waals surface area contributed by atoms with Gasteiger partial charge in [0.2, 0.25) is 0 Å². The van der Waals surface area contributed by atoms with E-state index in [1.54, 1.807) is 37.3 Å². The van der Waals surface area contributed by atoms with Gasteiger partial charge in [0.15, 0.2) is 9.84 Å². The van der Waals surface area contributed by atoms with Gasteiger partial charge in [-0.3, -0.25) is 0 Å². The van der Waals surface area contributed by atoms with Crippen LogP contribution in [0.3, 0.4) is 0 Å². The molecule has 1 amide bonds. The number of carbonyl (C=O) groups is 1. The molecule has 0 aromatic heterocycles. The van der Waals surface area contributed by atoms with Crippen molar-refractivity contribution >= 4 is 15.9 Å². The summed E-state index contributed by atoms with van der Waals surface area (Å²) < 4.78 is 29.6. The van der Waals surface area contributed by atoms with E-state index >= 15 is 0 Å². The molecule has 0 N–H and O–H groups in total. The van der Waals surface area contributed by atoms with Gasteiger partial charge in [0.05, 0.1) is 17.3 Å². The Morgan fingerprint density at radius 2 is 2.05 bits per heavy atom. The lowest BCUT2D eigenvalue weighted by atomic mass is 10.2. The number of rotatable bonds is 4. The molecule has 1 fully saturated rings. The topological polar surface area (TPSA) is 63.7 Å². The van der Waals surface area contributed by atoms with Crippen LogP contribution in [0.4, 0.5) is 4.79 Å². The number of likely N-dealkylation sites (tertiary alicyclic amines) is 1. The highest BCUT2D eigenvalue weighted by atomic mass is 32.2. The van der Waals surface area contributed by atoms with E-state index in [1.165, 1.54) is 4.90 Å². The fourth-order valence-corrected chi connectivity index (χ4v) is 4.05. The summed E-state index contributed by atoms with van der Waals surface area (Å²) in [4.78, 5) is 13.6. The number of nitrogens with zero attached hydrogens (tertiary/aromatic N) is 1. The van der Waals surface area contributed by atoms with Crippen LogP contribution in [-0.2, 0) is 14.6 Å². The standard InChI is InChI=1S/C14H19NO4S/c1-2-19-14(16)15-10-6-7-12(15)11-20(17,18)13-8-4-3-5-9-13/h3-5,8-9,12H,2,6-7,10-11H2,1H3. The zero-order chi connectivity index (χ0) is 14.6. The molecule has 5 nitrogen and oxygen atoms in total. The first-order valence-electron chi connectivity index (χ1n) is 6.76. The third kappa shape index (κ3) is 3.30. The third-order valence-electron chi connectivity index (χ3n) is 3.39. The molecular weight excluding hydrogens is 278 g/mol. The predicted molar refractivity (Wildman–Crippen MR) is 75.2 cm³/mol. The number of hydrogen-bond donors (Lipinski definition) is 0. The minimum absolute atomic E-state index is 0.0458. The van der Waals surface area contributed by atoms with Crippen LogP contribution in [-0.4, -0.2) is 44.4 Å². The van der Waals surface area contributed by atoms with Crippen LogP contribution < -0.4 is 0 Å². The summed E-state index contributed by atoms with van der Waals surface area (Å²) in [6, 6.07) is 8.05. The van der Waals surface area contributed by atoms with Crippen molar-refractivity contribution in [3.05, 3.63) is 30.3 Å². The number of amides is 1. The molecule has 1 aromatic carbocycles. The van der Waals surface area contributed by atoms with Gasteiger partial charge in [0, 0.05) is 12.6 Å². The number of ether oxygens (including phenoxy) is 1. The van der Waals surface area contributed by atoms with Gasteiger partial charge in [-0.2, -0.15) is 0 Å². The first-order valence-corrected chi connectivity index (χ1v) is 8.41. The average Bonchev–Trinajstić information content (AvgIpc) is 2.87. The molecule has 0 saturated carbocycles. The molecule has 110 valence electrons. The van der Waals surface area contributed by atoms with E-state index in [9.17, 15) is 13.2 Å². The Labute approximate surface area is 119 Å². The maximum atomic E-state index is 12.3. The first kappa shape index (κ1) is 14.8. The van der Waals surface area contributed by atoms with E-state index in [0.29, 0.717) is 24.5 Å². The SMILES string of the molecule is CCOC(=O)N1CCCC1CS(=O)(=O)c1ccccc1. The van der Waals surface area contributed by atoms with Crippen molar-refractivity contribution in [1.82, 2.24) is 4.90 Å². The molecule has 1 saturated heterocycles. The summed E-state index contributed by atoms with van der Waals surface area (Å²) >= 11 is 0. The molecule has 0 radical (unpaired) electrons. The third-order valence-corrected chi connectivity index (χ3v) is 5.21. The van der Waals surface area contributed by atoms with Crippen molar-refractivity contribution in [2.75, 3.05) is 18.9 Å². The number of carbonyl (C=O) groups excluding carboxylic acids is 1. The van der Waals surface area contributed by atoms with Gasteiger partial charge in [-0.1, -0.05) is 18.2 Å². The molecule has 20 heavy (non-hydrogen) atoms. The van der Waals surface area contributed by atoms with Crippen molar-refractivity contribution in [3.63, 3.8) is 0 Å². The van der Waals surface area contributed by atoms with Crippen LogP contribution in [0.2, 0.25) is 0 Å². The molecule has 0 aliphatic carbocycles. The van der Waals surface area contributed by atoms with E-state index in [4.69, 9.17) is 4.74 Å². The van der Waals surface area contributed by atoms with Gasteiger partial charge in [0.25, 0.3) is 0 Å². The molecule has 0 bridgehead atoms. The number of sulfone groups is 1. The van der Waals surface area contributed by atoms with Gasteiger partial charge >= 0.3 is 6.09 Å². The quantitative estimate of drug-likeness (QED) is 0.853. The summed E-state index contributed by atoms with van der Waals surface area (Å²) in [7, 11) is -3.37. The Bertz CT molecular complexity index is 556. The largest absolute Gasteiger partial charge is 0.450 e. The number of benzene rings is 1. The van der Waals surface area contributed by atoms with Crippen LogP contribution >= 0.6 is 0 Å². The Morgan fingerprint density at radius 3 is 2.70 bits per heavy atom. The fraction of sp³-hybridized carbons (Fsp3) is 0.500. The minimum Gasteiger partial charge on any atom is -0.450 e. The molecule has 1 atom stereocenters.